The van der Waals surface area contributed by atoms with Crippen molar-refractivity contribution in [2.24, 2.45) is 5.16 Å². The maximum absolute atomic E-state index is 5.51. The average molecular weight is 267 g/mol. The molecular formula is C17H19N2O+. The Kier molecular flexibility index (Phi) is 4.09. The number of oxime groups is 1. The van der Waals surface area contributed by atoms with Crippen LogP contribution in [-0.2, 0) is 11.4 Å². The van der Waals surface area contributed by atoms with Gasteiger partial charge in [0.15, 0.2) is 6.10 Å². The van der Waals surface area contributed by atoms with Gasteiger partial charge in [-0.3, -0.25) is 0 Å². The standard InChI is InChI=1S/C17H18N2O/c1-3-7-14(8-4-1)12-18-13-16-11-17(19-20-16)15-9-5-2-6-10-15/h1-10,16,18H,11-13H2/p+1/t16-/m1/s1. The molecule has 1 aliphatic rings. The largest absolute Gasteiger partial charge is 0.386 e. The van der Waals surface area contributed by atoms with E-state index in [9.17, 15) is 0 Å². The van der Waals surface area contributed by atoms with Gasteiger partial charge in [-0.2, -0.15) is 0 Å². The highest BCUT2D eigenvalue weighted by Gasteiger charge is 2.23. The van der Waals surface area contributed by atoms with E-state index < -0.39 is 0 Å². The first-order valence-corrected chi connectivity index (χ1v) is 7.05. The van der Waals surface area contributed by atoms with E-state index in [0.29, 0.717) is 0 Å². The Morgan fingerprint density at radius 1 is 1.00 bits per heavy atom. The molecule has 2 aromatic carbocycles. The minimum Gasteiger partial charge on any atom is -0.386 e. The molecule has 0 radical (unpaired) electrons. The third-order valence-electron chi connectivity index (χ3n) is 3.49. The van der Waals surface area contributed by atoms with Crippen LogP contribution >= 0.6 is 0 Å². The molecule has 3 rings (SSSR count). The summed E-state index contributed by atoms with van der Waals surface area (Å²) in [4.78, 5) is 5.51. The van der Waals surface area contributed by atoms with Crippen molar-refractivity contribution in [1.29, 1.82) is 0 Å². The Hall–Kier alpha value is -2.13. The smallest absolute Gasteiger partial charge is 0.181 e. The summed E-state index contributed by atoms with van der Waals surface area (Å²) < 4.78 is 0. The number of benzene rings is 2. The molecule has 0 unspecified atom stereocenters. The van der Waals surface area contributed by atoms with Crippen molar-refractivity contribution in [3.8, 4) is 0 Å². The fourth-order valence-corrected chi connectivity index (χ4v) is 2.41. The number of quaternary nitrogens is 1. The Labute approximate surface area is 119 Å². The highest BCUT2D eigenvalue weighted by Crippen LogP contribution is 2.15. The van der Waals surface area contributed by atoms with Gasteiger partial charge in [0, 0.05) is 12.0 Å². The quantitative estimate of drug-likeness (QED) is 0.883. The maximum atomic E-state index is 5.51. The van der Waals surface area contributed by atoms with Crippen molar-refractivity contribution in [1.82, 2.24) is 0 Å². The highest BCUT2D eigenvalue weighted by atomic mass is 16.6. The van der Waals surface area contributed by atoms with Crippen LogP contribution in [0.1, 0.15) is 17.5 Å². The van der Waals surface area contributed by atoms with Crippen molar-refractivity contribution in [2.75, 3.05) is 6.54 Å². The van der Waals surface area contributed by atoms with Crippen molar-refractivity contribution < 1.29 is 10.2 Å². The maximum Gasteiger partial charge on any atom is 0.181 e. The topological polar surface area (TPSA) is 38.2 Å². The molecule has 3 nitrogen and oxygen atoms in total. The number of hydrogen-bond donors (Lipinski definition) is 1. The summed E-state index contributed by atoms with van der Waals surface area (Å²) in [7, 11) is 0. The fourth-order valence-electron chi connectivity index (χ4n) is 2.41. The van der Waals surface area contributed by atoms with Crippen LogP contribution in [0.15, 0.2) is 65.8 Å². The molecule has 2 aromatic rings. The van der Waals surface area contributed by atoms with Gasteiger partial charge in [0.2, 0.25) is 0 Å². The third kappa shape index (κ3) is 3.25. The summed E-state index contributed by atoms with van der Waals surface area (Å²) in [5.74, 6) is 0. The lowest BCUT2D eigenvalue weighted by Crippen LogP contribution is -2.84. The SMILES string of the molecule is c1ccc(C[NH2+]C[C@H]2CC(c3ccccc3)=NO2)cc1. The van der Waals surface area contributed by atoms with Gasteiger partial charge in [-0.05, 0) is 5.56 Å². The molecule has 0 fully saturated rings. The summed E-state index contributed by atoms with van der Waals surface area (Å²) in [5.41, 5.74) is 3.57. The molecule has 20 heavy (non-hydrogen) atoms. The van der Waals surface area contributed by atoms with E-state index in [1.807, 2.05) is 24.3 Å². The summed E-state index contributed by atoms with van der Waals surface area (Å²) >= 11 is 0. The van der Waals surface area contributed by atoms with E-state index in [-0.39, 0.29) is 6.10 Å². The molecule has 0 aromatic heterocycles. The van der Waals surface area contributed by atoms with Gasteiger partial charge < -0.3 is 10.2 Å². The molecule has 0 aliphatic carbocycles. The molecule has 0 saturated carbocycles. The van der Waals surface area contributed by atoms with Gasteiger partial charge in [-0.15, -0.1) is 0 Å². The van der Waals surface area contributed by atoms with Crippen LogP contribution in [0.25, 0.3) is 0 Å². The Bertz CT molecular complexity index is 566. The Balaban J connectivity index is 1.46. The molecule has 1 heterocycles. The van der Waals surface area contributed by atoms with Crippen molar-refractivity contribution in [3.63, 3.8) is 0 Å². The zero-order valence-electron chi connectivity index (χ0n) is 11.4. The zero-order chi connectivity index (χ0) is 13.6. The molecule has 0 saturated heterocycles. The third-order valence-corrected chi connectivity index (χ3v) is 3.49. The Morgan fingerprint density at radius 3 is 2.45 bits per heavy atom. The molecule has 3 heteroatoms. The van der Waals surface area contributed by atoms with E-state index in [4.69, 9.17) is 4.84 Å². The number of nitrogens with two attached hydrogens (primary N) is 1. The van der Waals surface area contributed by atoms with Gasteiger partial charge in [-0.1, -0.05) is 65.8 Å². The average Bonchev–Trinajstić information content (AvgIpc) is 2.98. The van der Waals surface area contributed by atoms with Gasteiger partial charge in [0.25, 0.3) is 0 Å². The molecule has 102 valence electrons. The summed E-state index contributed by atoms with van der Waals surface area (Å²) in [6.45, 7) is 1.93. The van der Waals surface area contributed by atoms with Crippen LogP contribution in [0.3, 0.4) is 0 Å². The van der Waals surface area contributed by atoms with Crippen LogP contribution < -0.4 is 5.32 Å². The van der Waals surface area contributed by atoms with Crippen LogP contribution in [0.5, 0.6) is 0 Å². The predicted octanol–water partition coefficient (Wildman–Crippen LogP) is 1.94. The Morgan fingerprint density at radius 2 is 1.70 bits per heavy atom. The zero-order valence-corrected chi connectivity index (χ0v) is 11.4. The highest BCUT2D eigenvalue weighted by molar-refractivity contribution is 6.01. The summed E-state index contributed by atoms with van der Waals surface area (Å²) in [5, 5.41) is 6.49. The lowest BCUT2D eigenvalue weighted by molar-refractivity contribution is -0.676. The normalized spacial score (nSPS) is 17.6. The second kappa shape index (κ2) is 6.35. The van der Waals surface area contributed by atoms with Crippen LogP contribution in [0, 0.1) is 0 Å². The van der Waals surface area contributed by atoms with Crippen molar-refractivity contribution in [2.45, 2.75) is 19.1 Å². The molecule has 1 aliphatic heterocycles. The first-order valence-electron chi connectivity index (χ1n) is 7.05. The number of nitrogens with zero attached hydrogens (tertiary/aromatic N) is 1. The second-order valence-electron chi connectivity index (χ2n) is 5.05. The van der Waals surface area contributed by atoms with E-state index in [0.717, 1.165) is 30.8 Å². The van der Waals surface area contributed by atoms with Crippen LogP contribution in [-0.4, -0.2) is 18.4 Å². The van der Waals surface area contributed by atoms with E-state index >= 15 is 0 Å². The van der Waals surface area contributed by atoms with Crippen molar-refractivity contribution in [3.05, 3.63) is 71.8 Å². The monoisotopic (exact) mass is 267 g/mol. The molecular weight excluding hydrogens is 248 g/mol. The minimum absolute atomic E-state index is 0.189. The van der Waals surface area contributed by atoms with Crippen molar-refractivity contribution >= 4 is 5.71 Å². The lowest BCUT2D eigenvalue weighted by Gasteiger charge is -2.07. The van der Waals surface area contributed by atoms with Gasteiger partial charge in [0.1, 0.15) is 13.1 Å². The molecule has 0 spiro atoms. The van der Waals surface area contributed by atoms with E-state index in [2.05, 4.69) is 46.9 Å². The van der Waals surface area contributed by atoms with Crippen LogP contribution in [0.2, 0.25) is 0 Å². The summed E-state index contributed by atoms with van der Waals surface area (Å²) in [6, 6.07) is 20.7. The molecule has 1 atom stereocenters. The van der Waals surface area contributed by atoms with E-state index in [1.54, 1.807) is 0 Å². The first kappa shape index (κ1) is 12.9. The van der Waals surface area contributed by atoms with Gasteiger partial charge in [0.05, 0.1) is 5.71 Å². The summed E-state index contributed by atoms with van der Waals surface area (Å²) in [6.07, 6.45) is 1.09. The predicted molar refractivity (Wildman–Crippen MR) is 79.4 cm³/mol. The van der Waals surface area contributed by atoms with Crippen LogP contribution in [0.4, 0.5) is 0 Å². The number of hydrogen-bond acceptors (Lipinski definition) is 2. The van der Waals surface area contributed by atoms with E-state index in [1.165, 1.54) is 5.56 Å². The molecule has 0 bridgehead atoms. The fraction of sp³-hybridized carbons (Fsp3) is 0.235. The number of rotatable bonds is 5. The molecule has 0 amide bonds. The second-order valence-corrected chi connectivity index (χ2v) is 5.05. The lowest BCUT2D eigenvalue weighted by atomic mass is 10.1. The first-order chi connectivity index (χ1) is 9.92. The molecule has 2 N–H and O–H groups in total. The van der Waals surface area contributed by atoms with Gasteiger partial charge in [-0.25, -0.2) is 0 Å². The minimum atomic E-state index is 0.189. The van der Waals surface area contributed by atoms with Gasteiger partial charge >= 0.3 is 0 Å².